The van der Waals surface area contributed by atoms with E-state index in [1.54, 1.807) is 6.20 Å². The molecule has 1 aromatic carbocycles. The average Bonchev–Trinajstić information content (AvgIpc) is 3.10. The van der Waals surface area contributed by atoms with Crippen LogP contribution in [0.3, 0.4) is 0 Å². The van der Waals surface area contributed by atoms with E-state index in [1.165, 1.54) is 6.42 Å². The zero-order valence-corrected chi connectivity index (χ0v) is 11.2. The Morgan fingerprint density at radius 3 is 3.05 bits per heavy atom. The zero-order valence-electron chi connectivity index (χ0n) is 11.2. The smallest absolute Gasteiger partial charge is 0.229 e. The van der Waals surface area contributed by atoms with Gasteiger partial charge in [-0.3, -0.25) is 9.78 Å². The molecule has 20 heavy (non-hydrogen) atoms. The molecule has 1 aromatic heterocycles. The number of nitrogens with zero attached hydrogens (tertiary/aromatic N) is 1. The number of aromatic nitrogens is 1. The molecule has 2 aliphatic rings. The normalized spacial score (nSPS) is 27.9. The molecule has 3 heterocycles. The lowest BCUT2D eigenvalue weighted by atomic mass is 9.88. The standard InChI is InChI=1S/C16H17N3O/c20-16(13-8-11-4-5-15(13)18-11)19-14-3-1-2-10-9-17-7-6-12(10)14/h1-3,6-7,9,11,13,15,18H,4-5,8H2,(H,19,20). The van der Waals surface area contributed by atoms with Crippen molar-refractivity contribution < 1.29 is 4.79 Å². The van der Waals surface area contributed by atoms with E-state index in [4.69, 9.17) is 0 Å². The van der Waals surface area contributed by atoms with Gasteiger partial charge in [0.15, 0.2) is 0 Å². The van der Waals surface area contributed by atoms with Crippen LogP contribution in [0.1, 0.15) is 19.3 Å². The molecule has 4 nitrogen and oxygen atoms in total. The summed E-state index contributed by atoms with van der Waals surface area (Å²) in [6.07, 6.45) is 6.90. The lowest BCUT2D eigenvalue weighted by molar-refractivity contribution is -0.120. The zero-order chi connectivity index (χ0) is 13.5. The third-order valence-corrected chi connectivity index (χ3v) is 4.58. The van der Waals surface area contributed by atoms with Crippen LogP contribution in [0.5, 0.6) is 0 Å². The quantitative estimate of drug-likeness (QED) is 0.878. The molecule has 1 amide bonds. The predicted octanol–water partition coefficient (Wildman–Crippen LogP) is 2.31. The Labute approximate surface area is 117 Å². The molecule has 2 saturated heterocycles. The minimum Gasteiger partial charge on any atom is -0.325 e. The number of hydrogen-bond donors (Lipinski definition) is 2. The second-order valence-corrected chi connectivity index (χ2v) is 5.78. The number of anilines is 1. The summed E-state index contributed by atoms with van der Waals surface area (Å²) in [4.78, 5) is 16.6. The Kier molecular flexibility index (Phi) is 2.70. The van der Waals surface area contributed by atoms with Crippen LogP contribution in [0.2, 0.25) is 0 Å². The number of amides is 1. The maximum Gasteiger partial charge on any atom is 0.229 e. The van der Waals surface area contributed by atoms with Crippen molar-refractivity contribution in [3.05, 3.63) is 36.7 Å². The summed E-state index contributed by atoms with van der Waals surface area (Å²) >= 11 is 0. The van der Waals surface area contributed by atoms with Gasteiger partial charge in [0.05, 0.1) is 5.92 Å². The number of hydrogen-bond acceptors (Lipinski definition) is 3. The van der Waals surface area contributed by atoms with Crippen molar-refractivity contribution in [2.24, 2.45) is 5.92 Å². The van der Waals surface area contributed by atoms with Crippen molar-refractivity contribution >= 4 is 22.4 Å². The topological polar surface area (TPSA) is 54.0 Å². The predicted molar refractivity (Wildman–Crippen MR) is 78.4 cm³/mol. The Morgan fingerprint density at radius 1 is 1.30 bits per heavy atom. The van der Waals surface area contributed by atoms with Crippen molar-refractivity contribution in [3.8, 4) is 0 Å². The lowest BCUT2D eigenvalue weighted by Crippen LogP contribution is -2.32. The van der Waals surface area contributed by atoms with Crippen molar-refractivity contribution in [2.75, 3.05) is 5.32 Å². The van der Waals surface area contributed by atoms with Crippen LogP contribution in [0, 0.1) is 5.92 Å². The van der Waals surface area contributed by atoms with Gasteiger partial charge in [0, 0.05) is 40.9 Å². The van der Waals surface area contributed by atoms with Gasteiger partial charge < -0.3 is 10.6 Å². The maximum absolute atomic E-state index is 12.5. The van der Waals surface area contributed by atoms with Gasteiger partial charge in [-0.2, -0.15) is 0 Å². The fourth-order valence-electron chi connectivity index (χ4n) is 3.57. The monoisotopic (exact) mass is 267 g/mol. The molecule has 0 saturated carbocycles. The van der Waals surface area contributed by atoms with Gasteiger partial charge in [-0.05, 0) is 31.4 Å². The first-order chi connectivity index (χ1) is 9.81. The average molecular weight is 267 g/mol. The number of carbonyl (C=O) groups excluding carboxylic acids is 1. The molecule has 4 rings (SSSR count). The highest BCUT2D eigenvalue weighted by Gasteiger charge is 2.42. The summed E-state index contributed by atoms with van der Waals surface area (Å²) in [6, 6.07) is 8.80. The van der Waals surface area contributed by atoms with E-state index in [-0.39, 0.29) is 11.8 Å². The summed E-state index contributed by atoms with van der Waals surface area (Å²) in [5.41, 5.74) is 0.887. The lowest BCUT2D eigenvalue weighted by Gasteiger charge is -2.19. The second kappa shape index (κ2) is 4.56. The number of rotatable bonds is 2. The second-order valence-electron chi connectivity index (χ2n) is 5.78. The molecule has 3 atom stereocenters. The van der Waals surface area contributed by atoms with Crippen LogP contribution >= 0.6 is 0 Å². The number of pyridine rings is 1. The molecule has 2 bridgehead atoms. The Balaban J connectivity index is 1.60. The molecule has 2 aromatic rings. The van der Waals surface area contributed by atoms with E-state index >= 15 is 0 Å². The number of carbonyl (C=O) groups is 1. The minimum atomic E-state index is 0.117. The molecule has 0 spiro atoms. The molecule has 0 aliphatic carbocycles. The fraction of sp³-hybridized carbons (Fsp3) is 0.375. The van der Waals surface area contributed by atoms with Gasteiger partial charge in [-0.15, -0.1) is 0 Å². The Bertz CT molecular complexity index is 664. The Morgan fingerprint density at radius 2 is 2.25 bits per heavy atom. The summed E-state index contributed by atoms with van der Waals surface area (Å²) in [5.74, 6) is 0.264. The van der Waals surface area contributed by atoms with Gasteiger partial charge in [0.2, 0.25) is 5.91 Å². The molecular formula is C16H17N3O. The van der Waals surface area contributed by atoms with Crippen molar-refractivity contribution in [2.45, 2.75) is 31.3 Å². The fourth-order valence-corrected chi connectivity index (χ4v) is 3.57. The van der Waals surface area contributed by atoms with E-state index in [2.05, 4.69) is 15.6 Å². The SMILES string of the molecule is O=C(Nc1cccc2cnccc12)C1CC2CCC1N2. The Hall–Kier alpha value is -1.94. The van der Waals surface area contributed by atoms with E-state index in [0.29, 0.717) is 12.1 Å². The molecular weight excluding hydrogens is 250 g/mol. The molecule has 0 radical (unpaired) electrons. The van der Waals surface area contributed by atoms with E-state index in [1.807, 2.05) is 30.5 Å². The highest BCUT2D eigenvalue weighted by Crippen LogP contribution is 2.34. The molecule has 2 aliphatic heterocycles. The summed E-state index contributed by atoms with van der Waals surface area (Å²) < 4.78 is 0. The van der Waals surface area contributed by atoms with E-state index in [0.717, 1.165) is 29.3 Å². The van der Waals surface area contributed by atoms with Crippen molar-refractivity contribution in [1.82, 2.24) is 10.3 Å². The number of fused-ring (bicyclic) bond motifs is 3. The third kappa shape index (κ3) is 1.88. The van der Waals surface area contributed by atoms with Gasteiger partial charge in [-0.1, -0.05) is 12.1 Å². The third-order valence-electron chi connectivity index (χ3n) is 4.58. The van der Waals surface area contributed by atoms with Crippen LogP contribution in [0.4, 0.5) is 5.69 Å². The van der Waals surface area contributed by atoms with Gasteiger partial charge >= 0.3 is 0 Å². The van der Waals surface area contributed by atoms with Crippen LogP contribution in [0.15, 0.2) is 36.7 Å². The highest BCUT2D eigenvalue weighted by molar-refractivity contribution is 6.02. The van der Waals surface area contributed by atoms with E-state index in [9.17, 15) is 4.79 Å². The maximum atomic E-state index is 12.5. The summed E-state index contributed by atoms with van der Waals surface area (Å²) in [7, 11) is 0. The number of benzene rings is 1. The number of nitrogens with one attached hydrogen (secondary N) is 2. The first kappa shape index (κ1) is 11.9. The molecule has 4 heteroatoms. The summed E-state index contributed by atoms with van der Waals surface area (Å²) in [6.45, 7) is 0. The van der Waals surface area contributed by atoms with E-state index < -0.39 is 0 Å². The molecule has 102 valence electrons. The van der Waals surface area contributed by atoms with Crippen LogP contribution in [0.25, 0.3) is 10.8 Å². The first-order valence-corrected chi connectivity index (χ1v) is 7.21. The van der Waals surface area contributed by atoms with Gasteiger partial charge in [0.1, 0.15) is 0 Å². The van der Waals surface area contributed by atoms with Gasteiger partial charge in [0.25, 0.3) is 0 Å². The largest absolute Gasteiger partial charge is 0.325 e. The minimum absolute atomic E-state index is 0.117. The molecule has 2 N–H and O–H groups in total. The van der Waals surface area contributed by atoms with Crippen molar-refractivity contribution in [1.29, 1.82) is 0 Å². The molecule has 2 fully saturated rings. The van der Waals surface area contributed by atoms with Crippen molar-refractivity contribution in [3.63, 3.8) is 0 Å². The highest BCUT2D eigenvalue weighted by atomic mass is 16.2. The van der Waals surface area contributed by atoms with Gasteiger partial charge in [-0.25, -0.2) is 0 Å². The summed E-state index contributed by atoms with van der Waals surface area (Å²) in [5, 5.41) is 8.72. The van der Waals surface area contributed by atoms with Crippen LogP contribution < -0.4 is 10.6 Å². The first-order valence-electron chi connectivity index (χ1n) is 7.21. The van der Waals surface area contributed by atoms with Crippen LogP contribution in [-0.4, -0.2) is 23.0 Å². The molecule has 3 unspecified atom stereocenters. The van der Waals surface area contributed by atoms with Crippen LogP contribution in [-0.2, 0) is 4.79 Å².